The molecule has 2 amide bonds. The van der Waals surface area contributed by atoms with Crippen LogP contribution in [-0.4, -0.2) is 73.3 Å². The topological polar surface area (TPSA) is 71.1 Å². The van der Waals surface area contributed by atoms with E-state index in [0.29, 0.717) is 32.7 Å². The lowest BCUT2D eigenvalue weighted by molar-refractivity contribution is -0.121. The van der Waals surface area contributed by atoms with Gasteiger partial charge in [0.25, 0.3) is 0 Å². The average molecular weight is 434 g/mol. The molecule has 1 saturated heterocycles. The first-order valence-electron chi connectivity index (χ1n) is 11.4. The van der Waals surface area contributed by atoms with Gasteiger partial charge in [-0.1, -0.05) is 12.1 Å². The molecule has 1 fully saturated rings. The van der Waals surface area contributed by atoms with Gasteiger partial charge in [-0.05, 0) is 71.2 Å². The second-order valence-corrected chi connectivity index (χ2v) is 9.13. The molecule has 0 saturated carbocycles. The molecule has 0 spiro atoms. The summed E-state index contributed by atoms with van der Waals surface area (Å²) in [6.07, 6.45) is 2.90. The molecule has 1 aromatic rings. The van der Waals surface area contributed by atoms with Crippen LogP contribution in [-0.2, 0) is 9.53 Å². The Hall–Kier alpha value is -2.28. The van der Waals surface area contributed by atoms with Gasteiger partial charge in [0.2, 0.25) is 5.91 Å². The minimum Gasteiger partial charge on any atom is -0.494 e. The smallest absolute Gasteiger partial charge is 0.410 e. The van der Waals surface area contributed by atoms with Crippen LogP contribution in [0.25, 0.3) is 0 Å². The molecule has 174 valence electrons. The zero-order valence-electron chi connectivity index (χ0n) is 19.6. The van der Waals surface area contributed by atoms with Crippen LogP contribution in [0, 0.1) is 6.92 Å². The normalized spacial score (nSPS) is 14.9. The molecule has 7 heteroatoms. The fraction of sp³-hybridized carbons (Fsp3) is 0.667. The molecular formula is C24H39N3O4. The van der Waals surface area contributed by atoms with Crippen molar-refractivity contribution >= 4 is 12.0 Å². The lowest BCUT2D eigenvalue weighted by Gasteiger charge is -2.35. The number of nitrogens with one attached hydrogen (secondary N) is 1. The largest absolute Gasteiger partial charge is 0.494 e. The molecule has 0 aliphatic carbocycles. The molecule has 0 radical (unpaired) electrons. The van der Waals surface area contributed by atoms with Crippen molar-refractivity contribution in [3.8, 4) is 5.75 Å². The minimum absolute atomic E-state index is 0.102. The van der Waals surface area contributed by atoms with Crippen molar-refractivity contribution in [3.63, 3.8) is 0 Å². The Morgan fingerprint density at radius 3 is 2.48 bits per heavy atom. The van der Waals surface area contributed by atoms with E-state index < -0.39 is 5.60 Å². The van der Waals surface area contributed by atoms with Crippen molar-refractivity contribution in [2.75, 3.05) is 45.9 Å². The Bertz CT molecular complexity index is 694. The van der Waals surface area contributed by atoms with Crippen molar-refractivity contribution in [2.24, 2.45) is 0 Å². The molecule has 1 heterocycles. The summed E-state index contributed by atoms with van der Waals surface area (Å²) in [5.41, 5.74) is 0.724. The number of piperazine rings is 1. The fourth-order valence-corrected chi connectivity index (χ4v) is 3.38. The first-order chi connectivity index (χ1) is 14.7. The predicted octanol–water partition coefficient (Wildman–Crippen LogP) is 3.60. The molecule has 7 nitrogen and oxygen atoms in total. The number of carbonyl (C=O) groups is 2. The molecule has 1 aliphatic rings. The minimum atomic E-state index is -0.458. The van der Waals surface area contributed by atoms with Crippen LogP contribution in [0.3, 0.4) is 0 Å². The molecule has 0 bridgehead atoms. The lowest BCUT2D eigenvalue weighted by Crippen LogP contribution is -2.50. The monoisotopic (exact) mass is 433 g/mol. The van der Waals surface area contributed by atoms with Gasteiger partial charge in [-0.3, -0.25) is 9.69 Å². The highest BCUT2D eigenvalue weighted by Crippen LogP contribution is 2.13. The summed E-state index contributed by atoms with van der Waals surface area (Å²) >= 11 is 0. The molecule has 31 heavy (non-hydrogen) atoms. The number of hydrogen-bond acceptors (Lipinski definition) is 5. The zero-order chi connectivity index (χ0) is 22.7. The molecule has 1 N–H and O–H groups in total. The van der Waals surface area contributed by atoms with Crippen LogP contribution in [0.15, 0.2) is 24.3 Å². The number of unbranched alkanes of at least 4 members (excludes halogenated alkanes) is 1. The maximum absolute atomic E-state index is 12.1. The zero-order valence-corrected chi connectivity index (χ0v) is 19.6. The Morgan fingerprint density at radius 2 is 1.81 bits per heavy atom. The van der Waals surface area contributed by atoms with Gasteiger partial charge in [0.05, 0.1) is 6.61 Å². The van der Waals surface area contributed by atoms with Gasteiger partial charge in [-0.2, -0.15) is 0 Å². The molecule has 0 aromatic heterocycles. The van der Waals surface area contributed by atoms with Crippen molar-refractivity contribution in [3.05, 3.63) is 29.8 Å². The van der Waals surface area contributed by atoms with E-state index in [4.69, 9.17) is 9.47 Å². The van der Waals surface area contributed by atoms with E-state index in [1.807, 2.05) is 52.0 Å². The maximum Gasteiger partial charge on any atom is 0.410 e. The summed E-state index contributed by atoms with van der Waals surface area (Å²) in [6, 6.07) is 8.00. The van der Waals surface area contributed by atoms with Gasteiger partial charge in [0.15, 0.2) is 0 Å². The van der Waals surface area contributed by atoms with E-state index in [-0.39, 0.29) is 12.0 Å². The lowest BCUT2D eigenvalue weighted by atomic mass is 10.2. The number of nitrogens with zero attached hydrogens (tertiary/aromatic N) is 2. The SMILES string of the molecule is Cc1cccc(OCCCCC(=O)NCCCN2CCN(C(=O)OC(C)(C)C)CC2)c1. The van der Waals surface area contributed by atoms with Gasteiger partial charge >= 0.3 is 6.09 Å². The number of benzene rings is 1. The summed E-state index contributed by atoms with van der Waals surface area (Å²) in [4.78, 5) is 28.2. The number of amides is 2. The molecule has 0 unspecified atom stereocenters. The van der Waals surface area contributed by atoms with Gasteiger partial charge in [-0.15, -0.1) is 0 Å². The molecular weight excluding hydrogens is 394 g/mol. The third-order valence-corrected chi connectivity index (χ3v) is 5.05. The highest BCUT2D eigenvalue weighted by molar-refractivity contribution is 5.75. The second kappa shape index (κ2) is 12.5. The van der Waals surface area contributed by atoms with E-state index in [1.165, 1.54) is 5.56 Å². The first kappa shape index (κ1) is 25.0. The average Bonchev–Trinajstić information content (AvgIpc) is 2.70. The number of rotatable bonds is 10. The quantitative estimate of drug-likeness (QED) is 0.571. The predicted molar refractivity (Wildman–Crippen MR) is 122 cm³/mol. The number of hydrogen-bond donors (Lipinski definition) is 1. The van der Waals surface area contributed by atoms with Gasteiger partial charge < -0.3 is 19.7 Å². The van der Waals surface area contributed by atoms with Crippen molar-refractivity contribution < 1.29 is 19.1 Å². The third-order valence-electron chi connectivity index (χ3n) is 5.05. The summed E-state index contributed by atoms with van der Waals surface area (Å²) < 4.78 is 11.1. The number of ether oxygens (including phenoxy) is 2. The number of aryl methyl sites for hydroxylation is 1. The van der Waals surface area contributed by atoms with Gasteiger partial charge in [0.1, 0.15) is 11.4 Å². The van der Waals surface area contributed by atoms with Crippen molar-refractivity contribution in [1.82, 2.24) is 15.1 Å². The number of carbonyl (C=O) groups excluding carboxylic acids is 2. The Morgan fingerprint density at radius 1 is 1.06 bits per heavy atom. The third kappa shape index (κ3) is 10.5. The molecule has 2 rings (SSSR count). The Balaban J connectivity index is 1.46. The fourth-order valence-electron chi connectivity index (χ4n) is 3.38. The highest BCUT2D eigenvalue weighted by Gasteiger charge is 2.25. The van der Waals surface area contributed by atoms with E-state index in [0.717, 1.165) is 44.6 Å². The summed E-state index contributed by atoms with van der Waals surface area (Å²) in [5, 5.41) is 3.00. The van der Waals surface area contributed by atoms with Crippen LogP contribution in [0.5, 0.6) is 5.75 Å². The van der Waals surface area contributed by atoms with Gasteiger partial charge in [0, 0.05) is 39.1 Å². The Labute approximate surface area is 187 Å². The van der Waals surface area contributed by atoms with Crippen LogP contribution < -0.4 is 10.1 Å². The molecule has 0 atom stereocenters. The van der Waals surface area contributed by atoms with E-state index in [9.17, 15) is 9.59 Å². The molecule has 1 aliphatic heterocycles. The molecule has 1 aromatic carbocycles. The highest BCUT2D eigenvalue weighted by atomic mass is 16.6. The van der Waals surface area contributed by atoms with Crippen molar-refractivity contribution in [1.29, 1.82) is 0 Å². The van der Waals surface area contributed by atoms with Crippen LogP contribution in [0.4, 0.5) is 4.79 Å². The van der Waals surface area contributed by atoms with Crippen LogP contribution >= 0.6 is 0 Å². The standard InChI is InChI=1S/C24H39N3O4/c1-20-9-7-10-21(19-20)30-18-6-5-11-22(28)25-12-8-13-26-14-16-27(17-15-26)23(29)31-24(2,3)4/h7,9-10,19H,5-6,8,11-18H2,1-4H3,(H,25,28). The van der Waals surface area contributed by atoms with E-state index >= 15 is 0 Å². The maximum atomic E-state index is 12.1. The van der Waals surface area contributed by atoms with Crippen LogP contribution in [0.2, 0.25) is 0 Å². The van der Waals surface area contributed by atoms with Gasteiger partial charge in [-0.25, -0.2) is 4.79 Å². The van der Waals surface area contributed by atoms with E-state index in [1.54, 1.807) is 4.90 Å². The summed E-state index contributed by atoms with van der Waals surface area (Å²) in [6.45, 7) is 13.0. The summed E-state index contributed by atoms with van der Waals surface area (Å²) in [7, 11) is 0. The Kier molecular flexibility index (Phi) is 10.1. The van der Waals surface area contributed by atoms with E-state index in [2.05, 4.69) is 10.2 Å². The van der Waals surface area contributed by atoms with Crippen molar-refractivity contribution in [2.45, 2.75) is 59.0 Å². The van der Waals surface area contributed by atoms with Crippen LogP contribution in [0.1, 0.15) is 52.0 Å². The second-order valence-electron chi connectivity index (χ2n) is 9.13. The first-order valence-corrected chi connectivity index (χ1v) is 11.4. The summed E-state index contributed by atoms with van der Waals surface area (Å²) in [5.74, 6) is 0.988.